The van der Waals surface area contributed by atoms with Gasteiger partial charge in [0.05, 0.1) is 17.6 Å². The second-order valence-electron chi connectivity index (χ2n) is 3.94. The zero-order valence-corrected chi connectivity index (χ0v) is 11.3. The van der Waals surface area contributed by atoms with E-state index in [1.165, 1.54) is 22.6 Å². The third-order valence-electron chi connectivity index (χ3n) is 2.65. The summed E-state index contributed by atoms with van der Waals surface area (Å²) in [4.78, 5) is 3.89. The number of hydrogen-bond donors (Lipinski definition) is 1. The minimum Gasteiger partial charge on any atom is -0.397 e. The summed E-state index contributed by atoms with van der Waals surface area (Å²) in [6.07, 6.45) is 1.34. The smallest absolute Gasteiger partial charge is 0.281 e. The summed E-state index contributed by atoms with van der Waals surface area (Å²) in [6.45, 7) is 2.11. The first-order valence-corrected chi connectivity index (χ1v) is 7.29. The molecule has 5 nitrogen and oxygen atoms in total. The molecule has 0 saturated carbocycles. The molecule has 0 atom stereocenters. The molecule has 2 aromatic rings. The van der Waals surface area contributed by atoms with Crippen molar-refractivity contribution in [3.05, 3.63) is 48.7 Å². The Balaban J connectivity index is 2.45. The molecule has 0 amide bonds. The van der Waals surface area contributed by atoms with E-state index in [0.717, 1.165) is 0 Å². The molecule has 0 spiro atoms. The molecule has 0 saturated heterocycles. The molecule has 100 valence electrons. The first kappa shape index (κ1) is 13.4. The highest BCUT2D eigenvalue weighted by molar-refractivity contribution is 7.92. The van der Waals surface area contributed by atoms with Crippen LogP contribution in [0, 0.1) is 0 Å². The van der Waals surface area contributed by atoms with Crippen molar-refractivity contribution < 1.29 is 8.42 Å². The Morgan fingerprint density at radius 2 is 1.84 bits per heavy atom. The summed E-state index contributed by atoms with van der Waals surface area (Å²) < 4.78 is 26.3. The number of anilines is 2. The predicted molar refractivity (Wildman–Crippen MR) is 75.3 cm³/mol. The Labute approximate surface area is 112 Å². The van der Waals surface area contributed by atoms with Crippen LogP contribution in [0.4, 0.5) is 11.4 Å². The number of nitrogen functional groups attached to an aromatic ring is 1. The Morgan fingerprint density at radius 3 is 2.37 bits per heavy atom. The van der Waals surface area contributed by atoms with Crippen molar-refractivity contribution in [2.75, 3.05) is 16.6 Å². The maximum Gasteiger partial charge on any atom is 0.281 e. The molecular formula is C13H15N3O2S. The third kappa shape index (κ3) is 2.68. The van der Waals surface area contributed by atoms with Crippen molar-refractivity contribution in [1.29, 1.82) is 0 Å². The largest absolute Gasteiger partial charge is 0.397 e. The van der Waals surface area contributed by atoms with Crippen LogP contribution in [0.25, 0.3) is 0 Å². The Bertz CT molecular complexity index is 639. The molecule has 0 unspecified atom stereocenters. The number of sulfonamides is 1. The van der Waals surface area contributed by atoms with Gasteiger partial charge < -0.3 is 5.73 Å². The standard InChI is InChI=1S/C13H15N3O2S/c1-2-16(12-6-4-3-5-7-12)19(17,18)13-9-8-11(14)10-15-13/h3-10H,2,14H2,1H3. The first-order valence-electron chi connectivity index (χ1n) is 5.85. The van der Waals surface area contributed by atoms with Crippen molar-refractivity contribution in [1.82, 2.24) is 4.98 Å². The second-order valence-corrected chi connectivity index (χ2v) is 5.74. The van der Waals surface area contributed by atoms with Crippen LogP contribution in [-0.2, 0) is 10.0 Å². The molecule has 0 bridgehead atoms. The van der Waals surface area contributed by atoms with Gasteiger partial charge in [-0.3, -0.25) is 4.31 Å². The van der Waals surface area contributed by atoms with Crippen LogP contribution in [0.1, 0.15) is 6.92 Å². The van der Waals surface area contributed by atoms with Crippen LogP contribution >= 0.6 is 0 Å². The lowest BCUT2D eigenvalue weighted by Crippen LogP contribution is -2.31. The highest BCUT2D eigenvalue weighted by Gasteiger charge is 2.24. The van der Waals surface area contributed by atoms with E-state index < -0.39 is 10.0 Å². The summed E-state index contributed by atoms with van der Waals surface area (Å²) in [5.41, 5.74) is 6.57. The summed E-state index contributed by atoms with van der Waals surface area (Å²) in [7, 11) is -3.65. The lowest BCUT2D eigenvalue weighted by molar-refractivity contribution is 0.588. The van der Waals surface area contributed by atoms with Gasteiger partial charge in [0.15, 0.2) is 5.03 Å². The van der Waals surface area contributed by atoms with Crippen molar-refractivity contribution in [2.24, 2.45) is 0 Å². The molecule has 0 fully saturated rings. The number of hydrogen-bond acceptors (Lipinski definition) is 4. The van der Waals surface area contributed by atoms with Crippen molar-refractivity contribution >= 4 is 21.4 Å². The fourth-order valence-corrected chi connectivity index (χ4v) is 3.13. The molecule has 6 heteroatoms. The van der Waals surface area contributed by atoms with E-state index in [4.69, 9.17) is 5.73 Å². The monoisotopic (exact) mass is 277 g/mol. The van der Waals surface area contributed by atoms with Gasteiger partial charge in [0, 0.05) is 6.54 Å². The van der Waals surface area contributed by atoms with Gasteiger partial charge in [-0.15, -0.1) is 0 Å². The van der Waals surface area contributed by atoms with Gasteiger partial charge in [-0.05, 0) is 31.2 Å². The van der Waals surface area contributed by atoms with E-state index in [9.17, 15) is 8.42 Å². The van der Waals surface area contributed by atoms with Crippen molar-refractivity contribution in [3.8, 4) is 0 Å². The topological polar surface area (TPSA) is 76.3 Å². The summed E-state index contributed by atoms with van der Waals surface area (Å²) in [5.74, 6) is 0. The van der Waals surface area contributed by atoms with Gasteiger partial charge in [-0.1, -0.05) is 18.2 Å². The molecule has 19 heavy (non-hydrogen) atoms. The summed E-state index contributed by atoms with van der Waals surface area (Å²) >= 11 is 0. The molecule has 0 radical (unpaired) electrons. The van der Waals surface area contributed by atoms with Gasteiger partial charge in [-0.2, -0.15) is 8.42 Å². The lowest BCUT2D eigenvalue weighted by atomic mass is 10.3. The van der Waals surface area contributed by atoms with E-state index in [1.54, 1.807) is 31.2 Å². The van der Waals surface area contributed by atoms with Gasteiger partial charge in [-0.25, -0.2) is 4.98 Å². The second kappa shape index (κ2) is 5.27. The molecule has 2 rings (SSSR count). The number of nitrogens with zero attached hydrogens (tertiary/aromatic N) is 2. The maximum absolute atomic E-state index is 12.5. The minimum absolute atomic E-state index is 0.00703. The molecule has 1 heterocycles. The molecule has 0 aliphatic rings. The number of para-hydroxylation sites is 1. The summed E-state index contributed by atoms with van der Waals surface area (Å²) in [5, 5.41) is -0.00703. The average Bonchev–Trinajstić information content (AvgIpc) is 2.41. The normalized spacial score (nSPS) is 11.2. The lowest BCUT2D eigenvalue weighted by Gasteiger charge is -2.22. The maximum atomic E-state index is 12.5. The van der Waals surface area contributed by atoms with Crippen molar-refractivity contribution in [3.63, 3.8) is 0 Å². The zero-order valence-electron chi connectivity index (χ0n) is 10.5. The van der Waals surface area contributed by atoms with Crippen LogP contribution in [0.15, 0.2) is 53.7 Å². The molecular weight excluding hydrogens is 262 g/mol. The van der Waals surface area contributed by atoms with Gasteiger partial charge in [0.1, 0.15) is 0 Å². The Kier molecular flexibility index (Phi) is 3.71. The summed E-state index contributed by atoms with van der Waals surface area (Å²) in [6, 6.07) is 11.9. The van der Waals surface area contributed by atoms with Crippen LogP contribution in [-0.4, -0.2) is 19.9 Å². The fraction of sp³-hybridized carbons (Fsp3) is 0.154. The SMILES string of the molecule is CCN(c1ccccc1)S(=O)(=O)c1ccc(N)cn1. The van der Waals surface area contributed by atoms with Gasteiger partial charge >= 0.3 is 0 Å². The van der Waals surface area contributed by atoms with Gasteiger partial charge in [0.25, 0.3) is 10.0 Å². The molecule has 1 aromatic carbocycles. The van der Waals surface area contributed by atoms with Crippen LogP contribution in [0.5, 0.6) is 0 Å². The van der Waals surface area contributed by atoms with Crippen molar-refractivity contribution in [2.45, 2.75) is 11.9 Å². The number of rotatable bonds is 4. The van der Waals surface area contributed by atoms with Crippen LogP contribution in [0.3, 0.4) is 0 Å². The van der Waals surface area contributed by atoms with E-state index in [0.29, 0.717) is 17.9 Å². The number of benzene rings is 1. The highest BCUT2D eigenvalue weighted by atomic mass is 32.2. The quantitative estimate of drug-likeness (QED) is 0.925. The zero-order chi connectivity index (χ0) is 13.9. The Morgan fingerprint density at radius 1 is 1.16 bits per heavy atom. The Hall–Kier alpha value is -2.08. The predicted octanol–water partition coefficient (Wildman–Crippen LogP) is 1.88. The molecule has 2 N–H and O–H groups in total. The highest BCUT2D eigenvalue weighted by Crippen LogP contribution is 2.22. The van der Waals surface area contributed by atoms with Gasteiger partial charge in [0.2, 0.25) is 0 Å². The van der Waals surface area contributed by atoms with E-state index in [-0.39, 0.29) is 5.03 Å². The molecule has 0 aliphatic heterocycles. The van der Waals surface area contributed by atoms with Crippen LogP contribution < -0.4 is 10.0 Å². The van der Waals surface area contributed by atoms with E-state index in [2.05, 4.69) is 4.98 Å². The number of aromatic nitrogens is 1. The number of nitrogens with two attached hydrogens (primary N) is 1. The first-order chi connectivity index (χ1) is 9.05. The van der Waals surface area contributed by atoms with E-state index >= 15 is 0 Å². The minimum atomic E-state index is -3.65. The number of pyridine rings is 1. The molecule has 0 aliphatic carbocycles. The molecule has 1 aromatic heterocycles. The third-order valence-corrected chi connectivity index (χ3v) is 4.46. The van der Waals surface area contributed by atoms with E-state index in [1.807, 2.05) is 6.07 Å². The van der Waals surface area contributed by atoms with Crippen LogP contribution in [0.2, 0.25) is 0 Å². The fourth-order valence-electron chi connectivity index (χ4n) is 1.74. The average molecular weight is 277 g/mol.